The van der Waals surface area contributed by atoms with Gasteiger partial charge in [0.2, 0.25) is 10.0 Å². The third-order valence-corrected chi connectivity index (χ3v) is 6.48. The molecule has 1 aromatic carbocycles. The van der Waals surface area contributed by atoms with Crippen LogP contribution in [0.1, 0.15) is 5.56 Å². The third kappa shape index (κ3) is 3.47. The number of hydrogen-bond donors (Lipinski definition) is 0. The second-order valence-corrected chi connectivity index (χ2v) is 8.02. The van der Waals surface area contributed by atoms with E-state index in [1.165, 1.54) is 0 Å². The van der Waals surface area contributed by atoms with Gasteiger partial charge in [-0.3, -0.25) is 0 Å². The van der Waals surface area contributed by atoms with Gasteiger partial charge >= 0.3 is 0 Å². The second-order valence-electron chi connectivity index (χ2n) is 3.85. The fourth-order valence-electron chi connectivity index (χ4n) is 1.69. The molecule has 0 radical (unpaired) electrons. The number of halogens is 1. The number of benzene rings is 1. The lowest BCUT2D eigenvalue weighted by Gasteiger charge is -2.19. The van der Waals surface area contributed by atoms with Crippen molar-refractivity contribution in [2.75, 3.05) is 23.8 Å². The molecule has 17 heavy (non-hydrogen) atoms. The summed E-state index contributed by atoms with van der Waals surface area (Å²) in [5, 5.41) is 0. The summed E-state index contributed by atoms with van der Waals surface area (Å²) in [6.07, 6.45) is 0. The van der Waals surface area contributed by atoms with Crippen LogP contribution in [0, 0.1) is 0 Å². The Morgan fingerprint density at radius 3 is 2.82 bits per heavy atom. The minimum atomic E-state index is -3.08. The molecule has 0 amide bonds. The molecule has 6 heteroatoms. The third-order valence-electron chi connectivity index (χ3n) is 2.67. The Bertz CT molecular complexity index is 490. The second kappa shape index (κ2) is 5.73. The summed E-state index contributed by atoms with van der Waals surface area (Å²) < 4.78 is 26.6. The first kappa shape index (κ1) is 13.4. The molecule has 0 atom stereocenters. The summed E-state index contributed by atoms with van der Waals surface area (Å²) in [5.41, 5.74) is 1.02. The van der Waals surface area contributed by atoms with Gasteiger partial charge in [-0.2, -0.15) is 16.1 Å². The molecule has 1 aliphatic heterocycles. The zero-order chi connectivity index (χ0) is 12.3. The van der Waals surface area contributed by atoms with E-state index in [1.54, 1.807) is 16.1 Å². The van der Waals surface area contributed by atoms with Gasteiger partial charge in [-0.25, -0.2) is 8.42 Å². The monoisotopic (exact) mass is 335 g/mol. The Morgan fingerprint density at radius 2 is 2.06 bits per heavy atom. The van der Waals surface area contributed by atoms with Crippen molar-refractivity contribution in [1.82, 2.24) is 4.31 Å². The molecule has 1 heterocycles. The van der Waals surface area contributed by atoms with Crippen LogP contribution in [0.4, 0.5) is 0 Å². The zero-order valence-electron chi connectivity index (χ0n) is 9.30. The lowest BCUT2D eigenvalue weighted by molar-refractivity contribution is 0.428. The highest BCUT2D eigenvalue weighted by Crippen LogP contribution is 2.21. The van der Waals surface area contributed by atoms with Crippen molar-refractivity contribution in [2.45, 2.75) is 6.54 Å². The Hall–Kier alpha value is -0.0400. The summed E-state index contributed by atoms with van der Waals surface area (Å²) in [4.78, 5) is 0. The van der Waals surface area contributed by atoms with Crippen molar-refractivity contribution < 1.29 is 8.42 Å². The minimum absolute atomic E-state index is 0.252. The van der Waals surface area contributed by atoms with Crippen LogP contribution in [0.2, 0.25) is 0 Å². The predicted octanol–water partition coefficient (Wildman–Crippen LogP) is 2.33. The molecule has 0 aliphatic carbocycles. The lowest BCUT2D eigenvalue weighted by atomic mass is 10.2. The van der Waals surface area contributed by atoms with E-state index in [2.05, 4.69) is 15.9 Å². The Kier molecular flexibility index (Phi) is 4.52. The summed E-state index contributed by atoms with van der Waals surface area (Å²) in [7, 11) is -3.08. The summed E-state index contributed by atoms with van der Waals surface area (Å²) in [6.45, 7) is 1.07. The molecule has 1 fully saturated rings. The van der Waals surface area contributed by atoms with Crippen LogP contribution in [0.3, 0.4) is 0 Å². The van der Waals surface area contributed by atoms with Crippen LogP contribution < -0.4 is 0 Å². The fraction of sp³-hybridized carbons (Fsp3) is 0.455. The maximum atomic E-state index is 12.0. The van der Waals surface area contributed by atoms with Gasteiger partial charge in [0, 0.05) is 29.1 Å². The van der Waals surface area contributed by atoms with E-state index in [9.17, 15) is 8.42 Å². The molecule has 0 aromatic heterocycles. The van der Waals surface area contributed by atoms with E-state index < -0.39 is 10.0 Å². The van der Waals surface area contributed by atoms with E-state index in [-0.39, 0.29) is 5.75 Å². The predicted molar refractivity (Wildman–Crippen MR) is 75.7 cm³/mol. The highest BCUT2D eigenvalue weighted by molar-refractivity contribution is 9.10. The SMILES string of the molecule is O=S1(=O)CCSCCN1Cc1ccccc1Br. The van der Waals surface area contributed by atoms with Crippen LogP contribution in [0.25, 0.3) is 0 Å². The first-order valence-electron chi connectivity index (χ1n) is 5.38. The van der Waals surface area contributed by atoms with Crippen LogP contribution >= 0.6 is 27.7 Å². The van der Waals surface area contributed by atoms with Crippen LogP contribution in [-0.4, -0.2) is 36.5 Å². The number of nitrogens with zero attached hydrogens (tertiary/aromatic N) is 1. The largest absolute Gasteiger partial charge is 0.215 e. The summed E-state index contributed by atoms with van der Waals surface area (Å²) in [5.74, 6) is 1.83. The maximum absolute atomic E-state index is 12.0. The van der Waals surface area contributed by atoms with E-state index >= 15 is 0 Å². The summed E-state index contributed by atoms with van der Waals surface area (Å²) in [6, 6.07) is 7.76. The fourth-order valence-corrected chi connectivity index (χ4v) is 5.05. The van der Waals surface area contributed by atoms with Crippen LogP contribution in [0.15, 0.2) is 28.7 Å². The number of thioether (sulfide) groups is 1. The quantitative estimate of drug-likeness (QED) is 0.832. The normalized spacial score (nSPS) is 21.0. The van der Waals surface area contributed by atoms with Gasteiger partial charge in [-0.1, -0.05) is 34.1 Å². The van der Waals surface area contributed by atoms with E-state index in [0.29, 0.717) is 18.8 Å². The van der Waals surface area contributed by atoms with Crippen molar-refractivity contribution in [1.29, 1.82) is 0 Å². The molecule has 0 bridgehead atoms. The van der Waals surface area contributed by atoms with Crippen LogP contribution in [-0.2, 0) is 16.6 Å². The Morgan fingerprint density at radius 1 is 1.29 bits per heavy atom. The first-order chi connectivity index (χ1) is 8.09. The summed E-state index contributed by atoms with van der Waals surface area (Å²) >= 11 is 5.16. The molecule has 3 nitrogen and oxygen atoms in total. The smallest absolute Gasteiger partial charge is 0.212 e. The van der Waals surface area contributed by atoms with Gasteiger partial charge in [0.25, 0.3) is 0 Å². The van der Waals surface area contributed by atoms with E-state index in [0.717, 1.165) is 15.8 Å². The van der Waals surface area contributed by atoms with Crippen molar-refractivity contribution in [3.05, 3.63) is 34.3 Å². The van der Waals surface area contributed by atoms with E-state index in [1.807, 2.05) is 24.3 Å². The molecule has 0 spiro atoms. The molecule has 0 unspecified atom stereocenters. The molecule has 1 aliphatic rings. The Balaban J connectivity index is 2.19. The number of rotatable bonds is 2. The topological polar surface area (TPSA) is 37.4 Å². The van der Waals surface area contributed by atoms with Gasteiger partial charge in [0.1, 0.15) is 0 Å². The van der Waals surface area contributed by atoms with Crippen molar-refractivity contribution in [3.63, 3.8) is 0 Å². The molecule has 0 saturated carbocycles. The van der Waals surface area contributed by atoms with Gasteiger partial charge in [-0.15, -0.1) is 0 Å². The molecular weight excluding hydrogens is 322 g/mol. The van der Waals surface area contributed by atoms with Gasteiger partial charge < -0.3 is 0 Å². The lowest BCUT2D eigenvalue weighted by Crippen LogP contribution is -2.33. The Labute approximate surface area is 115 Å². The van der Waals surface area contributed by atoms with Crippen molar-refractivity contribution >= 4 is 37.7 Å². The average molecular weight is 336 g/mol. The van der Waals surface area contributed by atoms with Crippen molar-refractivity contribution in [3.8, 4) is 0 Å². The van der Waals surface area contributed by atoms with Crippen LogP contribution in [0.5, 0.6) is 0 Å². The molecule has 1 saturated heterocycles. The molecule has 1 aromatic rings. The van der Waals surface area contributed by atoms with Gasteiger partial charge in [-0.05, 0) is 11.6 Å². The average Bonchev–Trinajstić information content (AvgIpc) is 2.44. The highest BCUT2D eigenvalue weighted by atomic mass is 79.9. The highest BCUT2D eigenvalue weighted by Gasteiger charge is 2.24. The number of sulfonamides is 1. The molecule has 0 N–H and O–H groups in total. The standard InChI is InChI=1S/C11H14BrNO2S2/c12-11-4-2-1-3-10(11)9-13-5-6-16-7-8-17(13,14)15/h1-4H,5-9H2. The first-order valence-corrected chi connectivity index (χ1v) is 8.94. The zero-order valence-corrected chi connectivity index (χ0v) is 12.5. The maximum Gasteiger partial charge on any atom is 0.215 e. The molecule has 94 valence electrons. The van der Waals surface area contributed by atoms with Gasteiger partial charge in [0.15, 0.2) is 0 Å². The van der Waals surface area contributed by atoms with Crippen molar-refractivity contribution in [2.24, 2.45) is 0 Å². The van der Waals surface area contributed by atoms with E-state index in [4.69, 9.17) is 0 Å². The number of hydrogen-bond acceptors (Lipinski definition) is 3. The van der Waals surface area contributed by atoms with Gasteiger partial charge in [0.05, 0.1) is 5.75 Å². The molecular formula is C11H14BrNO2S2. The minimum Gasteiger partial charge on any atom is -0.212 e. The molecule has 2 rings (SSSR count).